The molecule has 3 rings (SSSR count). The van der Waals surface area contributed by atoms with E-state index >= 15 is 0 Å². The van der Waals surface area contributed by atoms with Crippen molar-refractivity contribution < 1.29 is 9.59 Å². The molecule has 0 spiro atoms. The zero-order valence-electron chi connectivity index (χ0n) is 23.5. The third-order valence-electron chi connectivity index (χ3n) is 8.91. The summed E-state index contributed by atoms with van der Waals surface area (Å²) < 4.78 is 0. The van der Waals surface area contributed by atoms with Crippen molar-refractivity contribution in [3.8, 4) is 0 Å². The van der Waals surface area contributed by atoms with Crippen molar-refractivity contribution in [1.82, 2.24) is 0 Å². The summed E-state index contributed by atoms with van der Waals surface area (Å²) >= 11 is 0. The maximum Gasteiger partial charge on any atom is 0.170 e. The lowest BCUT2D eigenvalue weighted by atomic mass is 9.55. The zero-order valence-corrected chi connectivity index (χ0v) is 23.5. The molecule has 1 atom stereocenters. The molecule has 0 N–H and O–H groups in total. The van der Waals surface area contributed by atoms with Crippen molar-refractivity contribution in [3.05, 3.63) is 58.2 Å². The van der Waals surface area contributed by atoms with Crippen LogP contribution in [0.5, 0.6) is 0 Å². The first-order chi connectivity index (χ1) is 15.3. The monoisotopic (exact) mass is 462 g/mol. The molecule has 2 aliphatic carbocycles. The molecule has 2 heteroatoms. The lowest BCUT2D eigenvalue weighted by Crippen LogP contribution is -2.40. The number of allylic oxidation sites excluding steroid dienone is 4. The normalized spacial score (nSPS) is 24.1. The molecule has 0 bridgehead atoms. The molecule has 0 saturated heterocycles. The van der Waals surface area contributed by atoms with Crippen LogP contribution < -0.4 is 0 Å². The van der Waals surface area contributed by atoms with Crippen LogP contribution in [-0.2, 0) is 15.6 Å². The van der Waals surface area contributed by atoms with Gasteiger partial charge >= 0.3 is 0 Å². The molecular weight excluding hydrogens is 416 g/mol. The van der Waals surface area contributed by atoms with Gasteiger partial charge in [0, 0.05) is 11.1 Å². The first-order valence-electron chi connectivity index (χ1n) is 12.9. The molecule has 0 aromatic heterocycles. The standard InChI is InChI=1S/C32H46O2/c1-28(2,3)27-19-22(14-15-32(27,11)29(4,5)6)26(34)20-25(33)21-12-13-23-24(18-21)31(9,10)17-16-30(23,7)8/h12-14,18-19H,15-17,20H2,1-11H3. The minimum absolute atomic E-state index is 0.0318. The third-order valence-corrected chi connectivity index (χ3v) is 8.91. The van der Waals surface area contributed by atoms with Gasteiger partial charge in [-0.15, -0.1) is 0 Å². The Hall–Kier alpha value is -1.96. The minimum atomic E-state index is -0.0808. The molecule has 0 heterocycles. The summed E-state index contributed by atoms with van der Waals surface area (Å²) in [5.41, 5.74) is 5.38. The van der Waals surface area contributed by atoms with Crippen molar-refractivity contribution in [3.63, 3.8) is 0 Å². The van der Waals surface area contributed by atoms with Crippen LogP contribution in [0.4, 0.5) is 0 Å². The lowest BCUT2D eigenvalue weighted by Gasteiger charge is -2.49. The van der Waals surface area contributed by atoms with Gasteiger partial charge in [-0.05, 0) is 63.5 Å². The van der Waals surface area contributed by atoms with Crippen LogP contribution in [0.1, 0.15) is 123 Å². The van der Waals surface area contributed by atoms with E-state index in [4.69, 9.17) is 0 Å². The van der Waals surface area contributed by atoms with E-state index in [1.807, 2.05) is 6.07 Å². The summed E-state index contributed by atoms with van der Waals surface area (Å²) in [6.07, 6.45) is 7.13. The average Bonchev–Trinajstić information content (AvgIpc) is 2.69. The second-order valence-electron chi connectivity index (χ2n) is 14.3. The van der Waals surface area contributed by atoms with E-state index in [9.17, 15) is 9.59 Å². The van der Waals surface area contributed by atoms with Gasteiger partial charge in [-0.3, -0.25) is 9.59 Å². The first-order valence-corrected chi connectivity index (χ1v) is 12.9. The molecule has 2 aliphatic rings. The van der Waals surface area contributed by atoms with Crippen LogP contribution in [0.3, 0.4) is 0 Å². The minimum Gasteiger partial charge on any atom is -0.294 e. The number of hydrogen-bond donors (Lipinski definition) is 0. The molecule has 0 amide bonds. The average molecular weight is 463 g/mol. The van der Waals surface area contributed by atoms with Gasteiger partial charge in [0.15, 0.2) is 11.6 Å². The fourth-order valence-corrected chi connectivity index (χ4v) is 5.86. The van der Waals surface area contributed by atoms with Crippen LogP contribution in [0.2, 0.25) is 0 Å². The summed E-state index contributed by atoms with van der Waals surface area (Å²) in [6.45, 7) is 24.9. The maximum absolute atomic E-state index is 13.3. The van der Waals surface area contributed by atoms with Gasteiger partial charge in [0.25, 0.3) is 0 Å². The Bertz CT molecular complexity index is 1060. The van der Waals surface area contributed by atoms with Crippen LogP contribution >= 0.6 is 0 Å². The van der Waals surface area contributed by atoms with Crippen molar-refractivity contribution >= 4 is 11.6 Å². The number of hydrogen-bond acceptors (Lipinski definition) is 2. The molecule has 186 valence electrons. The van der Waals surface area contributed by atoms with E-state index in [1.165, 1.54) is 16.7 Å². The SMILES string of the molecule is CC(C)(C)C1=CC(C(=O)CC(=O)c2ccc3c(c2)C(C)(C)CCC3(C)C)=CCC1(C)C(C)(C)C. The Balaban J connectivity index is 1.88. The molecular formula is C32H46O2. The number of carbonyl (C=O) groups excluding carboxylic acids is 2. The van der Waals surface area contributed by atoms with Gasteiger partial charge in [0.2, 0.25) is 0 Å². The highest BCUT2D eigenvalue weighted by Crippen LogP contribution is 2.55. The highest BCUT2D eigenvalue weighted by Gasteiger charge is 2.45. The van der Waals surface area contributed by atoms with Gasteiger partial charge in [-0.25, -0.2) is 0 Å². The molecule has 2 nitrogen and oxygen atoms in total. The van der Waals surface area contributed by atoms with Gasteiger partial charge in [-0.1, -0.05) is 106 Å². The number of Topliss-reactive ketones (excluding diaryl/α,β-unsaturated/α-hetero) is 2. The van der Waals surface area contributed by atoms with E-state index in [2.05, 4.69) is 100 Å². The summed E-state index contributed by atoms with van der Waals surface area (Å²) in [7, 11) is 0. The van der Waals surface area contributed by atoms with Gasteiger partial charge < -0.3 is 0 Å². The molecule has 0 fully saturated rings. The zero-order chi connectivity index (χ0) is 25.9. The Morgan fingerprint density at radius 2 is 1.38 bits per heavy atom. The van der Waals surface area contributed by atoms with Crippen molar-refractivity contribution in [2.75, 3.05) is 0 Å². The maximum atomic E-state index is 13.3. The summed E-state index contributed by atoms with van der Waals surface area (Å²) in [5, 5.41) is 0. The van der Waals surface area contributed by atoms with E-state index in [0.29, 0.717) is 11.1 Å². The second-order valence-corrected chi connectivity index (χ2v) is 14.3. The molecule has 0 aliphatic heterocycles. The van der Waals surface area contributed by atoms with Crippen molar-refractivity contribution in [2.24, 2.45) is 16.2 Å². The van der Waals surface area contributed by atoms with Gasteiger partial charge in [-0.2, -0.15) is 0 Å². The number of ketones is 2. The first kappa shape index (κ1) is 26.6. The highest BCUT2D eigenvalue weighted by atomic mass is 16.1. The third kappa shape index (κ3) is 4.75. The lowest BCUT2D eigenvalue weighted by molar-refractivity contribution is -0.114. The predicted octanol–water partition coefficient (Wildman–Crippen LogP) is 8.53. The molecule has 1 aromatic carbocycles. The van der Waals surface area contributed by atoms with E-state index in [-0.39, 0.29) is 45.1 Å². The van der Waals surface area contributed by atoms with E-state index in [0.717, 1.165) is 19.3 Å². The number of fused-ring (bicyclic) bond motifs is 1. The predicted molar refractivity (Wildman–Crippen MR) is 143 cm³/mol. The van der Waals surface area contributed by atoms with Crippen LogP contribution in [0, 0.1) is 16.2 Å². The Labute approximate surface area is 208 Å². The Kier molecular flexibility index (Phi) is 6.52. The number of carbonyl (C=O) groups is 2. The Morgan fingerprint density at radius 1 is 0.824 bits per heavy atom. The Morgan fingerprint density at radius 3 is 1.91 bits per heavy atom. The van der Waals surface area contributed by atoms with Crippen LogP contribution in [-0.4, -0.2) is 11.6 Å². The smallest absolute Gasteiger partial charge is 0.170 e. The largest absolute Gasteiger partial charge is 0.294 e. The summed E-state index contributed by atoms with van der Waals surface area (Å²) in [5.74, 6) is -0.150. The van der Waals surface area contributed by atoms with Gasteiger partial charge in [0.1, 0.15) is 0 Å². The van der Waals surface area contributed by atoms with Crippen LogP contribution in [0.15, 0.2) is 41.5 Å². The quantitative estimate of drug-likeness (QED) is 0.332. The number of benzene rings is 1. The molecule has 1 unspecified atom stereocenters. The molecule has 34 heavy (non-hydrogen) atoms. The number of rotatable bonds is 4. The summed E-state index contributed by atoms with van der Waals surface area (Å²) in [4.78, 5) is 26.6. The van der Waals surface area contributed by atoms with Gasteiger partial charge in [0.05, 0.1) is 6.42 Å². The van der Waals surface area contributed by atoms with Crippen molar-refractivity contribution in [1.29, 1.82) is 0 Å². The van der Waals surface area contributed by atoms with E-state index < -0.39 is 0 Å². The van der Waals surface area contributed by atoms with E-state index in [1.54, 1.807) is 0 Å². The van der Waals surface area contributed by atoms with Crippen molar-refractivity contribution in [2.45, 2.75) is 113 Å². The highest BCUT2D eigenvalue weighted by molar-refractivity contribution is 6.14. The topological polar surface area (TPSA) is 34.1 Å². The fourth-order valence-electron chi connectivity index (χ4n) is 5.86. The van der Waals surface area contributed by atoms with Crippen LogP contribution in [0.25, 0.3) is 0 Å². The molecule has 0 radical (unpaired) electrons. The summed E-state index contributed by atoms with van der Waals surface area (Å²) in [6, 6.07) is 6.12. The molecule has 1 aromatic rings. The molecule has 0 saturated carbocycles. The second kappa shape index (κ2) is 8.32. The fraction of sp³-hybridized carbons (Fsp3) is 0.625.